The van der Waals surface area contributed by atoms with Crippen LogP contribution in [0.3, 0.4) is 0 Å². The van der Waals surface area contributed by atoms with E-state index in [0.29, 0.717) is 13.1 Å². The molecule has 0 radical (unpaired) electrons. The van der Waals surface area contributed by atoms with Crippen LogP contribution in [0.15, 0.2) is 36.5 Å². The van der Waals surface area contributed by atoms with E-state index in [1.54, 1.807) is 18.9 Å². The van der Waals surface area contributed by atoms with Gasteiger partial charge in [0.05, 0.1) is 12.2 Å². The van der Waals surface area contributed by atoms with Crippen molar-refractivity contribution in [2.24, 2.45) is 0 Å². The van der Waals surface area contributed by atoms with Crippen molar-refractivity contribution in [3.8, 4) is 11.3 Å². The topological polar surface area (TPSA) is 60.2 Å². The van der Waals surface area contributed by atoms with E-state index in [0.717, 1.165) is 11.3 Å². The molecule has 0 N–H and O–H groups in total. The Labute approximate surface area is 123 Å². The van der Waals surface area contributed by atoms with E-state index in [1.807, 2.05) is 41.2 Å². The standard InChI is InChI=1S/C15H18N4O2/c1-11(21-2)15(20)18-8-13(9-18)19-10-14(16-17-19)12-6-4-3-5-7-12/h3-7,10-11,13H,8-9H2,1-2H3/t11-/m0/s1. The molecule has 0 unspecified atom stereocenters. The summed E-state index contributed by atoms with van der Waals surface area (Å²) in [5.74, 6) is 0.0251. The molecule has 6 nitrogen and oxygen atoms in total. The molecule has 2 heterocycles. The van der Waals surface area contributed by atoms with Crippen LogP contribution in [0.2, 0.25) is 0 Å². The van der Waals surface area contributed by atoms with Crippen molar-refractivity contribution in [3.63, 3.8) is 0 Å². The summed E-state index contributed by atoms with van der Waals surface area (Å²) in [6.45, 7) is 3.08. The van der Waals surface area contributed by atoms with Crippen LogP contribution < -0.4 is 0 Å². The van der Waals surface area contributed by atoms with Gasteiger partial charge in [-0.05, 0) is 6.92 Å². The molecule has 21 heavy (non-hydrogen) atoms. The summed E-state index contributed by atoms with van der Waals surface area (Å²) in [6.07, 6.45) is 1.54. The van der Waals surface area contributed by atoms with Gasteiger partial charge in [-0.15, -0.1) is 5.10 Å². The maximum Gasteiger partial charge on any atom is 0.251 e. The van der Waals surface area contributed by atoms with Gasteiger partial charge < -0.3 is 9.64 Å². The highest BCUT2D eigenvalue weighted by Crippen LogP contribution is 2.23. The lowest BCUT2D eigenvalue weighted by molar-refractivity contribution is -0.147. The van der Waals surface area contributed by atoms with Gasteiger partial charge in [0.2, 0.25) is 0 Å². The van der Waals surface area contributed by atoms with Crippen molar-refractivity contribution in [1.82, 2.24) is 19.9 Å². The van der Waals surface area contributed by atoms with Crippen LogP contribution in [0.25, 0.3) is 11.3 Å². The first-order valence-corrected chi connectivity index (χ1v) is 6.98. The third kappa shape index (κ3) is 2.67. The summed E-state index contributed by atoms with van der Waals surface area (Å²) in [5, 5.41) is 8.37. The third-order valence-electron chi connectivity index (χ3n) is 3.83. The van der Waals surface area contributed by atoms with Gasteiger partial charge in [0.1, 0.15) is 11.8 Å². The fraction of sp³-hybridized carbons (Fsp3) is 0.400. The average Bonchev–Trinajstić information content (AvgIpc) is 2.95. The Morgan fingerprint density at radius 2 is 2.05 bits per heavy atom. The quantitative estimate of drug-likeness (QED) is 0.851. The van der Waals surface area contributed by atoms with E-state index in [9.17, 15) is 4.79 Å². The number of hydrogen-bond donors (Lipinski definition) is 0. The Balaban J connectivity index is 1.63. The van der Waals surface area contributed by atoms with Crippen molar-refractivity contribution in [2.45, 2.75) is 19.1 Å². The van der Waals surface area contributed by atoms with Gasteiger partial charge in [0, 0.05) is 25.8 Å². The number of hydrogen-bond acceptors (Lipinski definition) is 4. The molecule has 0 spiro atoms. The molecule has 1 amide bonds. The number of ether oxygens (including phenoxy) is 1. The number of carbonyl (C=O) groups excluding carboxylic acids is 1. The van der Waals surface area contributed by atoms with Crippen LogP contribution >= 0.6 is 0 Å². The molecule has 6 heteroatoms. The Morgan fingerprint density at radius 1 is 1.33 bits per heavy atom. The minimum Gasteiger partial charge on any atom is -0.372 e. The number of amides is 1. The molecule has 2 aromatic rings. The van der Waals surface area contributed by atoms with Gasteiger partial charge in [-0.3, -0.25) is 4.79 Å². The van der Waals surface area contributed by atoms with Crippen LogP contribution in [-0.4, -0.2) is 52.1 Å². The van der Waals surface area contributed by atoms with E-state index in [2.05, 4.69) is 10.3 Å². The molecule has 1 saturated heterocycles. The van der Waals surface area contributed by atoms with E-state index < -0.39 is 0 Å². The lowest BCUT2D eigenvalue weighted by Crippen LogP contribution is -2.53. The molecule has 1 aromatic heterocycles. The van der Waals surface area contributed by atoms with Crippen LogP contribution in [0, 0.1) is 0 Å². The van der Waals surface area contributed by atoms with Crippen LogP contribution in [0.4, 0.5) is 0 Å². The number of aromatic nitrogens is 3. The van der Waals surface area contributed by atoms with Crippen molar-refractivity contribution in [2.75, 3.05) is 20.2 Å². The molecule has 0 saturated carbocycles. The molecular formula is C15H18N4O2. The molecule has 1 aliphatic heterocycles. The number of carbonyl (C=O) groups is 1. The molecule has 1 aromatic carbocycles. The number of likely N-dealkylation sites (tertiary alicyclic amines) is 1. The van der Waals surface area contributed by atoms with Gasteiger partial charge in [-0.25, -0.2) is 4.68 Å². The first kappa shape index (κ1) is 13.8. The Hall–Kier alpha value is -2.21. The third-order valence-corrected chi connectivity index (χ3v) is 3.83. The minimum absolute atomic E-state index is 0.0251. The number of benzene rings is 1. The monoisotopic (exact) mass is 286 g/mol. The summed E-state index contributed by atoms with van der Waals surface area (Å²) in [7, 11) is 1.55. The average molecular weight is 286 g/mol. The first-order valence-electron chi connectivity index (χ1n) is 6.98. The second-order valence-electron chi connectivity index (χ2n) is 5.22. The van der Waals surface area contributed by atoms with Crippen molar-refractivity contribution in [1.29, 1.82) is 0 Å². The highest BCUT2D eigenvalue weighted by atomic mass is 16.5. The van der Waals surface area contributed by atoms with Crippen molar-refractivity contribution >= 4 is 5.91 Å². The largest absolute Gasteiger partial charge is 0.372 e. The summed E-state index contributed by atoms with van der Waals surface area (Å²) < 4.78 is 6.88. The lowest BCUT2D eigenvalue weighted by atomic mass is 10.1. The van der Waals surface area contributed by atoms with E-state index in [-0.39, 0.29) is 18.1 Å². The van der Waals surface area contributed by atoms with Gasteiger partial charge in [-0.2, -0.15) is 0 Å². The van der Waals surface area contributed by atoms with Gasteiger partial charge >= 0.3 is 0 Å². The highest BCUT2D eigenvalue weighted by Gasteiger charge is 2.34. The number of nitrogens with zero attached hydrogens (tertiary/aromatic N) is 4. The molecule has 1 aliphatic rings. The predicted octanol–water partition coefficient (Wildman–Crippen LogP) is 1.36. The van der Waals surface area contributed by atoms with Crippen molar-refractivity contribution in [3.05, 3.63) is 36.5 Å². The van der Waals surface area contributed by atoms with Gasteiger partial charge in [0.25, 0.3) is 5.91 Å². The fourth-order valence-corrected chi connectivity index (χ4v) is 2.36. The zero-order valence-electron chi connectivity index (χ0n) is 12.1. The zero-order chi connectivity index (χ0) is 14.8. The maximum atomic E-state index is 11.9. The summed E-state index contributed by atoms with van der Waals surface area (Å²) in [4.78, 5) is 13.7. The van der Waals surface area contributed by atoms with Gasteiger partial charge in [-0.1, -0.05) is 35.5 Å². The Bertz CT molecular complexity index is 620. The SMILES string of the molecule is CO[C@@H](C)C(=O)N1CC(n2cc(-c3ccccc3)nn2)C1. The van der Waals surface area contributed by atoms with E-state index >= 15 is 0 Å². The fourth-order valence-electron chi connectivity index (χ4n) is 2.36. The van der Waals surface area contributed by atoms with Gasteiger partial charge in [0.15, 0.2) is 0 Å². The molecular weight excluding hydrogens is 268 g/mol. The second kappa shape index (κ2) is 5.65. The normalized spacial score (nSPS) is 16.6. The highest BCUT2D eigenvalue weighted by molar-refractivity contribution is 5.81. The maximum absolute atomic E-state index is 11.9. The minimum atomic E-state index is -0.387. The summed E-state index contributed by atoms with van der Waals surface area (Å²) in [5.41, 5.74) is 1.90. The van der Waals surface area contributed by atoms with Crippen LogP contribution in [0.5, 0.6) is 0 Å². The lowest BCUT2D eigenvalue weighted by Gasteiger charge is -2.39. The molecule has 3 rings (SSSR count). The Kier molecular flexibility index (Phi) is 3.70. The van der Waals surface area contributed by atoms with Crippen LogP contribution in [0.1, 0.15) is 13.0 Å². The zero-order valence-corrected chi connectivity index (χ0v) is 12.1. The molecule has 1 fully saturated rings. The predicted molar refractivity (Wildman–Crippen MR) is 77.5 cm³/mol. The summed E-state index contributed by atoms with van der Waals surface area (Å²) >= 11 is 0. The molecule has 110 valence electrons. The van der Waals surface area contributed by atoms with E-state index in [4.69, 9.17) is 4.74 Å². The number of methoxy groups -OCH3 is 1. The smallest absolute Gasteiger partial charge is 0.251 e. The molecule has 0 aliphatic carbocycles. The Morgan fingerprint density at radius 3 is 2.71 bits per heavy atom. The van der Waals surface area contributed by atoms with Crippen LogP contribution in [-0.2, 0) is 9.53 Å². The summed E-state index contributed by atoms with van der Waals surface area (Å²) in [6, 6.07) is 10.1. The van der Waals surface area contributed by atoms with E-state index in [1.165, 1.54) is 0 Å². The molecule has 0 bridgehead atoms. The number of rotatable bonds is 4. The second-order valence-corrected chi connectivity index (χ2v) is 5.22. The van der Waals surface area contributed by atoms with Crippen molar-refractivity contribution < 1.29 is 9.53 Å². The molecule has 1 atom stereocenters. The first-order chi connectivity index (χ1) is 10.2.